The molecule has 3 aliphatic rings. The van der Waals surface area contributed by atoms with Crippen LogP contribution in [0.3, 0.4) is 0 Å². The summed E-state index contributed by atoms with van der Waals surface area (Å²) < 4.78 is 5.58. The fourth-order valence-corrected chi connectivity index (χ4v) is 5.76. The number of fused-ring (bicyclic) bond motifs is 4. The Morgan fingerprint density at radius 1 is 1.41 bits per heavy atom. The molecule has 1 saturated carbocycles. The van der Waals surface area contributed by atoms with E-state index in [-0.39, 0.29) is 5.41 Å². The van der Waals surface area contributed by atoms with Gasteiger partial charge in [-0.05, 0) is 94.3 Å². The largest absolute Gasteiger partial charge is 0.497 e. The van der Waals surface area contributed by atoms with Crippen LogP contribution in [0.4, 0.5) is 0 Å². The van der Waals surface area contributed by atoms with E-state index in [0.717, 1.165) is 44.0 Å². The summed E-state index contributed by atoms with van der Waals surface area (Å²) in [4.78, 5) is 16.2. The number of carboxylic acids is 1. The summed E-state index contributed by atoms with van der Waals surface area (Å²) in [6.45, 7) is 7.42. The Hall–Kier alpha value is -1.59. The van der Waals surface area contributed by atoms with Crippen molar-refractivity contribution in [2.45, 2.75) is 63.5 Å². The number of carbonyl (C=O) groups is 1. The molecule has 0 radical (unpaired) electrons. The van der Waals surface area contributed by atoms with Crippen LogP contribution in [0.15, 0.2) is 18.2 Å². The Kier molecular flexibility index (Phi) is 5.64. The number of ether oxygens (including phenoxy) is 1. The van der Waals surface area contributed by atoms with Crippen LogP contribution >= 0.6 is 0 Å². The molecule has 2 fully saturated rings. The highest BCUT2D eigenvalue weighted by molar-refractivity contribution is 5.72. The molecule has 160 valence electrons. The molecule has 1 aromatic rings. The molecule has 0 unspecified atom stereocenters. The van der Waals surface area contributed by atoms with Gasteiger partial charge >= 0.3 is 5.97 Å². The van der Waals surface area contributed by atoms with Gasteiger partial charge in [-0.15, -0.1) is 0 Å². The number of aliphatic carboxylic acids is 1. The van der Waals surface area contributed by atoms with Gasteiger partial charge in [0.15, 0.2) is 0 Å². The van der Waals surface area contributed by atoms with Gasteiger partial charge in [0.1, 0.15) is 11.8 Å². The lowest BCUT2D eigenvalue weighted by molar-refractivity contribution is -0.142. The van der Waals surface area contributed by atoms with Gasteiger partial charge in [0.2, 0.25) is 0 Å². The van der Waals surface area contributed by atoms with Crippen molar-refractivity contribution in [3.05, 3.63) is 29.3 Å². The Balaban J connectivity index is 1.64. The molecule has 4 atom stereocenters. The van der Waals surface area contributed by atoms with Crippen LogP contribution in [0.25, 0.3) is 0 Å². The highest BCUT2D eigenvalue weighted by Crippen LogP contribution is 2.52. The van der Waals surface area contributed by atoms with E-state index >= 15 is 0 Å². The Labute approximate surface area is 175 Å². The van der Waals surface area contributed by atoms with E-state index in [1.54, 1.807) is 14.0 Å². The van der Waals surface area contributed by atoms with E-state index in [4.69, 9.17) is 4.74 Å². The van der Waals surface area contributed by atoms with Gasteiger partial charge < -0.3 is 9.84 Å². The maximum atomic E-state index is 11.4. The number of piperidine rings is 1. The third-order valence-corrected chi connectivity index (χ3v) is 8.16. The first-order valence-corrected chi connectivity index (χ1v) is 11.2. The van der Waals surface area contributed by atoms with Gasteiger partial charge in [0, 0.05) is 18.0 Å². The number of methoxy groups -OCH3 is 1. The summed E-state index contributed by atoms with van der Waals surface area (Å²) in [6.07, 6.45) is 6.06. The van der Waals surface area contributed by atoms with Gasteiger partial charge in [0.25, 0.3) is 0 Å². The third-order valence-electron chi connectivity index (χ3n) is 8.16. The first-order chi connectivity index (χ1) is 13.9. The lowest BCUT2D eigenvalue weighted by atomic mass is 9.56. The molecule has 1 aliphatic heterocycles. The number of nitrogens with zero attached hydrogens (tertiary/aromatic N) is 2. The SMILES string of the molecule is COc1ccc2c(c1)[C@]1(CCN(C)[C@@H](C)C(=O)O)CCN(CC3CC3)[C@H](C2)[C@@H]1C. The predicted octanol–water partition coefficient (Wildman–Crippen LogP) is 3.40. The number of carboxylic acid groups (broad SMARTS) is 1. The lowest BCUT2D eigenvalue weighted by Gasteiger charge is -2.56. The fourth-order valence-electron chi connectivity index (χ4n) is 5.76. The fraction of sp³-hybridized carbons (Fsp3) is 0.708. The summed E-state index contributed by atoms with van der Waals surface area (Å²) in [5.74, 6) is 1.65. The third kappa shape index (κ3) is 3.79. The number of likely N-dealkylation sites (tertiary alicyclic amines) is 1. The Morgan fingerprint density at radius 3 is 2.83 bits per heavy atom. The first-order valence-electron chi connectivity index (χ1n) is 11.2. The lowest BCUT2D eigenvalue weighted by Crippen LogP contribution is -2.60. The minimum absolute atomic E-state index is 0.0966. The van der Waals surface area contributed by atoms with Crippen LogP contribution in [0.2, 0.25) is 0 Å². The van der Waals surface area contributed by atoms with Gasteiger partial charge in [-0.3, -0.25) is 14.6 Å². The zero-order chi connectivity index (χ0) is 20.8. The minimum atomic E-state index is -0.749. The van der Waals surface area contributed by atoms with Gasteiger partial charge in [0.05, 0.1) is 7.11 Å². The van der Waals surface area contributed by atoms with E-state index in [1.165, 1.54) is 30.5 Å². The maximum absolute atomic E-state index is 11.4. The van der Waals surface area contributed by atoms with Crippen LogP contribution in [0.5, 0.6) is 5.75 Å². The van der Waals surface area contributed by atoms with E-state index in [9.17, 15) is 9.90 Å². The summed E-state index contributed by atoms with van der Waals surface area (Å²) in [5, 5.41) is 9.40. The van der Waals surface area contributed by atoms with Crippen LogP contribution in [-0.2, 0) is 16.6 Å². The molecule has 0 aromatic heterocycles. The minimum Gasteiger partial charge on any atom is -0.497 e. The zero-order valence-electron chi connectivity index (χ0n) is 18.4. The van der Waals surface area contributed by atoms with E-state index < -0.39 is 12.0 Å². The van der Waals surface area contributed by atoms with Crippen molar-refractivity contribution in [3.63, 3.8) is 0 Å². The molecular formula is C24H36N2O3. The molecule has 1 heterocycles. The van der Waals surface area contributed by atoms with Crippen molar-refractivity contribution in [1.29, 1.82) is 0 Å². The van der Waals surface area contributed by atoms with E-state index in [1.807, 2.05) is 11.9 Å². The summed E-state index contributed by atoms with van der Waals surface area (Å²) in [6, 6.07) is 6.76. The standard InChI is InChI=1S/C24H36N2O3/c1-16-22-13-19-7-8-20(29-4)14-21(19)24(16,9-11-25(3)17(2)23(27)28)10-12-26(22)15-18-5-6-18/h7-8,14,16-18,22H,5-6,9-13,15H2,1-4H3,(H,27,28)/t16-,17-,22+,24+/m0/s1. The van der Waals surface area contributed by atoms with Gasteiger partial charge in [-0.25, -0.2) is 0 Å². The zero-order valence-corrected chi connectivity index (χ0v) is 18.4. The molecule has 0 spiro atoms. The van der Waals surface area contributed by atoms with Crippen molar-refractivity contribution < 1.29 is 14.6 Å². The van der Waals surface area contributed by atoms with Crippen molar-refractivity contribution in [1.82, 2.24) is 9.80 Å². The molecule has 29 heavy (non-hydrogen) atoms. The molecule has 1 saturated heterocycles. The topological polar surface area (TPSA) is 53.0 Å². The van der Waals surface area contributed by atoms with Crippen LogP contribution in [0, 0.1) is 11.8 Å². The Morgan fingerprint density at radius 2 is 2.17 bits per heavy atom. The molecule has 0 amide bonds. The second kappa shape index (κ2) is 7.92. The highest BCUT2D eigenvalue weighted by atomic mass is 16.5. The molecule has 2 bridgehead atoms. The number of hydrogen-bond donors (Lipinski definition) is 1. The smallest absolute Gasteiger partial charge is 0.320 e. The molecule has 1 aromatic carbocycles. The van der Waals surface area contributed by atoms with Crippen LogP contribution < -0.4 is 4.74 Å². The van der Waals surface area contributed by atoms with Crippen LogP contribution in [-0.4, -0.2) is 66.8 Å². The van der Waals surface area contributed by atoms with Crippen LogP contribution in [0.1, 0.15) is 50.7 Å². The normalized spacial score (nSPS) is 30.1. The molecule has 1 N–H and O–H groups in total. The number of rotatable bonds is 8. The molecule has 4 rings (SSSR count). The second-order valence-electron chi connectivity index (χ2n) is 9.67. The molecule has 2 aliphatic carbocycles. The Bertz CT molecular complexity index is 762. The average molecular weight is 401 g/mol. The summed E-state index contributed by atoms with van der Waals surface area (Å²) in [7, 11) is 3.68. The van der Waals surface area contributed by atoms with Gasteiger partial charge in [-0.1, -0.05) is 13.0 Å². The number of likely N-dealkylation sites (N-methyl/N-ethyl adjacent to an activating group) is 1. The monoisotopic (exact) mass is 400 g/mol. The molecular weight excluding hydrogens is 364 g/mol. The molecule has 5 nitrogen and oxygen atoms in total. The number of benzene rings is 1. The first kappa shape index (κ1) is 20.7. The maximum Gasteiger partial charge on any atom is 0.320 e. The van der Waals surface area contributed by atoms with Crippen molar-refractivity contribution >= 4 is 5.97 Å². The second-order valence-corrected chi connectivity index (χ2v) is 9.67. The summed E-state index contributed by atoms with van der Waals surface area (Å²) >= 11 is 0. The van der Waals surface area contributed by atoms with Crippen molar-refractivity contribution in [2.75, 3.05) is 33.8 Å². The highest BCUT2D eigenvalue weighted by Gasteiger charge is 2.51. The van der Waals surface area contributed by atoms with E-state index in [2.05, 4.69) is 30.0 Å². The van der Waals surface area contributed by atoms with Gasteiger partial charge in [-0.2, -0.15) is 0 Å². The quantitative estimate of drug-likeness (QED) is 0.725. The van der Waals surface area contributed by atoms with Crippen molar-refractivity contribution in [3.8, 4) is 5.75 Å². The molecule has 5 heteroatoms. The van der Waals surface area contributed by atoms with E-state index in [0.29, 0.717) is 12.0 Å². The van der Waals surface area contributed by atoms with Crippen molar-refractivity contribution in [2.24, 2.45) is 11.8 Å². The predicted molar refractivity (Wildman–Crippen MR) is 115 cm³/mol. The number of hydrogen-bond acceptors (Lipinski definition) is 4. The average Bonchev–Trinajstić information content (AvgIpc) is 3.53. The summed E-state index contributed by atoms with van der Waals surface area (Å²) in [5.41, 5.74) is 3.01.